The molecule has 3 nitrogen and oxygen atoms in total. The molecule has 2 rings (SSSR count). The summed E-state index contributed by atoms with van der Waals surface area (Å²) >= 11 is 5.79. The SMILES string of the molecule is CCCN(C)C=Nc1cc(C)c(Oc2cc(Br)cc(I)c2)cc1C. The van der Waals surface area contributed by atoms with Crippen LogP contribution >= 0.6 is 38.5 Å². The monoisotopic (exact) mass is 500 g/mol. The van der Waals surface area contributed by atoms with Crippen LogP contribution < -0.4 is 4.74 Å². The molecule has 24 heavy (non-hydrogen) atoms. The van der Waals surface area contributed by atoms with E-state index in [1.165, 1.54) is 0 Å². The fourth-order valence-electron chi connectivity index (χ4n) is 2.31. The Morgan fingerprint density at radius 3 is 2.58 bits per heavy atom. The second kappa shape index (κ2) is 8.85. The highest BCUT2D eigenvalue weighted by molar-refractivity contribution is 14.1. The minimum Gasteiger partial charge on any atom is -0.457 e. The summed E-state index contributed by atoms with van der Waals surface area (Å²) in [6.07, 6.45) is 3.00. The van der Waals surface area contributed by atoms with E-state index in [1.807, 2.05) is 32.4 Å². The second-order valence-corrected chi connectivity index (χ2v) is 8.00. The van der Waals surface area contributed by atoms with E-state index in [9.17, 15) is 0 Å². The third kappa shape index (κ3) is 5.48. The summed E-state index contributed by atoms with van der Waals surface area (Å²) < 4.78 is 8.22. The van der Waals surface area contributed by atoms with Gasteiger partial charge in [-0.25, -0.2) is 4.99 Å². The van der Waals surface area contributed by atoms with Crippen molar-refractivity contribution in [2.75, 3.05) is 13.6 Å². The molecule has 128 valence electrons. The van der Waals surface area contributed by atoms with Gasteiger partial charge in [-0.1, -0.05) is 22.9 Å². The van der Waals surface area contributed by atoms with Crippen LogP contribution in [-0.2, 0) is 0 Å². The molecule has 0 aliphatic rings. The first kappa shape index (κ1) is 19.2. The van der Waals surface area contributed by atoms with E-state index in [4.69, 9.17) is 4.74 Å². The Morgan fingerprint density at radius 2 is 1.92 bits per heavy atom. The highest BCUT2D eigenvalue weighted by Crippen LogP contribution is 2.33. The molecular weight excluding hydrogens is 479 g/mol. The van der Waals surface area contributed by atoms with E-state index in [0.29, 0.717) is 0 Å². The van der Waals surface area contributed by atoms with E-state index in [-0.39, 0.29) is 0 Å². The molecule has 0 aliphatic carbocycles. The van der Waals surface area contributed by atoms with Gasteiger partial charge in [0, 0.05) is 21.6 Å². The molecule has 0 amide bonds. The number of halogens is 2. The van der Waals surface area contributed by atoms with Crippen LogP contribution in [0.25, 0.3) is 0 Å². The number of rotatable bonds is 6. The van der Waals surface area contributed by atoms with E-state index in [1.54, 1.807) is 0 Å². The maximum atomic E-state index is 6.07. The van der Waals surface area contributed by atoms with Gasteiger partial charge in [-0.15, -0.1) is 0 Å². The second-order valence-electron chi connectivity index (χ2n) is 5.84. The van der Waals surface area contributed by atoms with Crippen LogP contribution in [0.15, 0.2) is 39.8 Å². The van der Waals surface area contributed by atoms with Crippen molar-refractivity contribution in [2.45, 2.75) is 27.2 Å². The van der Waals surface area contributed by atoms with Crippen LogP contribution in [-0.4, -0.2) is 24.8 Å². The van der Waals surface area contributed by atoms with Crippen LogP contribution in [0.2, 0.25) is 0 Å². The zero-order chi connectivity index (χ0) is 17.7. The van der Waals surface area contributed by atoms with Crippen molar-refractivity contribution in [1.29, 1.82) is 0 Å². The lowest BCUT2D eigenvalue weighted by Crippen LogP contribution is -2.16. The summed E-state index contributed by atoms with van der Waals surface area (Å²) in [5, 5.41) is 0. The molecule has 0 spiro atoms. The van der Waals surface area contributed by atoms with Crippen LogP contribution in [0.1, 0.15) is 24.5 Å². The van der Waals surface area contributed by atoms with E-state index in [2.05, 4.69) is 80.5 Å². The van der Waals surface area contributed by atoms with E-state index >= 15 is 0 Å². The molecule has 0 N–H and O–H groups in total. The average Bonchev–Trinajstić information content (AvgIpc) is 2.48. The lowest BCUT2D eigenvalue weighted by molar-refractivity contribution is 0.478. The zero-order valence-electron chi connectivity index (χ0n) is 14.4. The number of hydrogen-bond donors (Lipinski definition) is 0. The van der Waals surface area contributed by atoms with Gasteiger partial charge >= 0.3 is 0 Å². The Morgan fingerprint density at radius 1 is 1.17 bits per heavy atom. The first-order valence-electron chi connectivity index (χ1n) is 7.88. The summed E-state index contributed by atoms with van der Waals surface area (Å²) in [6, 6.07) is 10.2. The normalized spacial score (nSPS) is 11.1. The quantitative estimate of drug-likeness (QED) is 0.258. The van der Waals surface area contributed by atoms with Crippen LogP contribution in [0.5, 0.6) is 11.5 Å². The topological polar surface area (TPSA) is 24.8 Å². The van der Waals surface area contributed by atoms with E-state index in [0.717, 1.165) is 49.3 Å². The largest absolute Gasteiger partial charge is 0.457 e. The average molecular weight is 501 g/mol. The highest BCUT2D eigenvalue weighted by atomic mass is 127. The molecule has 2 aromatic rings. The summed E-state index contributed by atoms with van der Waals surface area (Å²) in [5.41, 5.74) is 3.15. The number of aliphatic imine (C=N–C) groups is 1. The Balaban J connectivity index is 2.23. The molecule has 0 radical (unpaired) electrons. The van der Waals surface area contributed by atoms with Gasteiger partial charge in [-0.05, 0) is 84.3 Å². The van der Waals surface area contributed by atoms with Crippen molar-refractivity contribution >= 4 is 50.5 Å². The molecule has 0 fully saturated rings. The molecule has 0 aliphatic heterocycles. The van der Waals surface area contributed by atoms with Gasteiger partial charge in [0.25, 0.3) is 0 Å². The summed E-state index contributed by atoms with van der Waals surface area (Å²) in [4.78, 5) is 6.70. The van der Waals surface area contributed by atoms with Crippen molar-refractivity contribution in [2.24, 2.45) is 4.99 Å². The standard InChI is InChI=1S/C19H22BrIN2O/c1-5-6-23(4)12-22-18-7-14(3)19(8-13(18)2)24-17-10-15(20)9-16(21)11-17/h7-12H,5-6H2,1-4H3. The molecule has 0 heterocycles. The molecule has 0 saturated heterocycles. The van der Waals surface area contributed by atoms with Gasteiger partial charge in [-0.3, -0.25) is 0 Å². The Bertz CT molecular complexity index is 726. The molecule has 2 aromatic carbocycles. The van der Waals surface area contributed by atoms with Crippen molar-refractivity contribution in [3.63, 3.8) is 0 Å². The molecule has 0 bridgehead atoms. The van der Waals surface area contributed by atoms with Crippen LogP contribution in [0, 0.1) is 17.4 Å². The van der Waals surface area contributed by atoms with Gasteiger partial charge in [0.05, 0.1) is 12.0 Å². The number of nitrogens with zero attached hydrogens (tertiary/aromatic N) is 2. The van der Waals surface area contributed by atoms with Crippen molar-refractivity contribution in [1.82, 2.24) is 4.90 Å². The molecule has 0 aromatic heterocycles. The van der Waals surface area contributed by atoms with E-state index < -0.39 is 0 Å². The van der Waals surface area contributed by atoms with Crippen molar-refractivity contribution in [3.05, 3.63) is 49.5 Å². The predicted octanol–water partition coefficient (Wildman–Crippen LogP) is 6.46. The third-order valence-electron chi connectivity index (χ3n) is 3.53. The molecule has 0 atom stereocenters. The van der Waals surface area contributed by atoms with Crippen molar-refractivity contribution < 1.29 is 4.74 Å². The number of benzene rings is 2. The van der Waals surface area contributed by atoms with Gasteiger partial charge in [-0.2, -0.15) is 0 Å². The van der Waals surface area contributed by atoms with Gasteiger partial charge in [0.2, 0.25) is 0 Å². The van der Waals surface area contributed by atoms with Gasteiger partial charge < -0.3 is 9.64 Å². The van der Waals surface area contributed by atoms with Crippen molar-refractivity contribution in [3.8, 4) is 11.5 Å². The van der Waals surface area contributed by atoms with Gasteiger partial charge in [0.1, 0.15) is 11.5 Å². The fourth-order valence-corrected chi connectivity index (χ4v) is 3.85. The smallest absolute Gasteiger partial charge is 0.130 e. The summed E-state index contributed by atoms with van der Waals surface area (Å²) in [5.74, 6) is 1.69. The minimum absolute atomic E-state index is 0.829. The number of aryl methyl sites for hydroxylation is 2. The maximum Gasteiger partial charge on any atom is 0.130 e. The number of hydrogen-bond acceptors (Lipinski definition) is 2. The van der Waals surface area contributed by atoms with Crippen LogP contribution in [0.4, 0.5) is 5.69 Å². The Labute approximate surface area is 166 Å². The first-order valence-corrected chi connectivity index (χ1v) is 9.76. The molecule has 0 unspecified atom stereocenters. The molecule has 0 saturated carbocycles. The summed E-state index contributed by atoms with van der Waals surface area (Å²) in [7, 11) is 2.04. The summed E-state index contributed by atoms with van der Waals surface area (Å²) in [6.45, 7) is 7.27. The fraction of sp³-hybridized carbons (Fsp3) is 0.316. The molecule has 5 heteroatoms. The molecular formula is C19H22BrIN2O. The Hall–Kier alpha value is -1.08. The highest BCUT2D eigenvalue weighted by Gasteiger charge is 2.07. The zero-order valence-corrected chi connectivity index (χ0v) is 18.2. The first-order chi connectivity index (χ1) is 11.4. The minimum atomic E-state index is 0.829. The third-order valence-corrected chi connectivity index (χ3v) is 4.61. The lowest BCUT2D eigenvalue weighted by Gasteiger charge is -2.13. The predicted molar refractivity (Wildman–Crippen MR) is 114 cm³/mol. The Kier molecular flexibility index (Phi) is 7.10. The maximum absolute atomic E-state index is 6.07. The van der Waals surface area contributed by atoms with Gasteiger partial charge in [0.15, 0.2) is 0 Å². The van der Waals surface area contributed by atoms with Crippen LogP contribution in [0.3, 0.4) is 0 Å². The number of ether oxygens (including phenoxy) is 1. The lowest BCUT2D eigenvalue weighted by atomic mass is 10.1.